The first kappa shape index (κ1) is 6.96. The lowest BCUT2D eigenvalue weighted by molar-refractivity contribution is 0.116. The first-order valence-electron chi connectivity index (χ1n) is 3.28. The largest absolute Gasteiger partial charge is 0.389 e. The highest BCUT2D eigenvalue weighted by atomic mass is 19.1. The Balaban J connectivity index is 2.35. The van der Waals surface area contributed by atoms with E-state index in [1.165, 1.54) is 0 Å². The molecule has 0 aromatic carbocycles. The molecule has 0 spiro atoms. The van der Waals surface area contributed by atoms with Crippen LogP contribution in [-0.4, -0.2) is 41.9 Å². The summed E-state index contributed by atoms with van der Waals surface area (Å²) in [5, 5.41) is 8.88. The van der Waals surface area contributed by atoms with E-state index in [-0.39, 0.29) is 0 Å². The van der Waals surface area contributed by atoms with Gasteiger partial charge < -0.3 is 5.11 Å². The fraction of sp³-hybridized carbons (Fsp3) is 1.00. The average molecular weight is 133 g/mol. The maximum atomic E-state index is 12.5. The molecular formula is C6H12FNO. The lowest BCUT2D eigenvalue weighted by Gasteiger charge is -2.08. The smallest absolute Gasteiger partial charge is 0.140 e. The molecule has 54 valence electrons. The van der Waals surface area contributed by atoms with Crippen LogP contribution in [-0.2, 0) is 0 Å². The first-order valence-corrected chi connectivity index (χ1v) is 3.28. The second kappa shape index (κ2) is 2.62. The van der Waals surface area contributed by atoms with E-state index < -0.39 is 12.3 Å². The van der Waals surface area contributed by atoms with Crippen LogP contribution in [0.2, 0.25) is 0 Å². The number of alkyl halides is 1. The Morgan fingerprint density at radius 1 is 1.67 bits per heavy atom. The molecule has 0 aromatic rings. The molecule has 1 heterocycles. The molecule has 0 saturated carbocycles. The summed E-state index contributed by atoms with van der Waals surface area (Å²) in [6.07, 6.45) is -1.77. The van der Waals surface area contributed by atoms with Crippen molar-refractivity contribution in [1.82, 2.24) is 4.90 Å². The second-order valence-electron chi connectivity index (χ2n) is 2.44. The number of rotatable bonds is 1. The summed E-state index contributed by atoms with van der Waals surface area (Å²) >= 11 is 0. The number of aliphatic hydroxyl groups excluding tert-OH is 1. The standard InChI is InChI=1S/C6H12FNO/c1-2-8-3-5(7)6(9)4-8/h5-6,9H,2-4H2,1H3/t5-,6+/m1/s1. The molecule has 1 fully saturated rings. The first-order chi connectivity index (χ1) is 4.24. The Morgan fingerprint density at radius 2 is 2.33 bits per heavy atom. The van der Waals surface area contributed by atoms with Gasteiger partial charge in [-0.05, 0) is 6.54 Å². The van der Waals surface area contributed by atoms with Crippen LogP contribution in [0, 0.1) is 0 Å². The fourth-order valence-electron chi connectivity index (χ4n) is 1.08. The molecule has 1 saturated heterocycles. The zero-order valence-corrected chi connectivity index (χ0v) is 5.55. The van der Waals surface area contributed by atoms with Crippen LogP contribution < -0.4 is 0 Å². The van der Waals surface area contributed by atoms with Crippen LogP contribution in [0.3, 0.4) is 0 Å². The van der Waals surface area contributed by atoms with Gasteiger partial charge >= 0.3 is 0 Å². The van der Waals surface area contributed by atoms with Crippen molar-refractivity contribution < 1.29 is 9.50 Å². The number of β-amino-alcohol motifs (C(OH)–C–C–N with tert-alkyl or cyclic N) is 1. The zero-order valence-electron chi connectivity index (χ0n) is 5.55. The molecule has 1 aliphatic heterocycles. The van der Waals surface area contributed by atoms with Gasteiger partial charge in [-0.1, -0.05) is 6.92 Å². The fourth-order valence-corrected chi connectivity index (χ4v) is 1.08. The van der Waals surface area contributed by atoms with Crippen LogP contribution in [0.4, 0.5) is 4.39 Å². The van der Waals surface area contributed by atoms with Crippen LogP contribution in [0.1, 0.15) is 6.92 Å². The average Bonchev–Trinajstić information content (AvgIpc) is 2.13. The molecular weight excluding hydrogens is 121 g/mol. The van der Waals surface area contributed by atoms with E-state index in [0.717, 1.165) is 6.54 Å². The van der Waals surface area contributed by atoms with Crippen molar-refractivity contribution in [3.8, 4) is 0 Å². The highest BCUT2D eigenvalue weighted by Crippen LogP contribution is 2.11. The van der Waals surface area contributed by atoms with Crippen molar-refractivity contribution in [2.24, 2.45) is 0 Å². The molecule has 0 bridgehead atoms. The third-order valence-electron chi connectivity index (χ3n) is 1.74. The molecule has 0 radical (unpaired) electrons. The Kier molecular flexibility index (Phi) is 2.03. The third kappa shape index (κ3) is 1.40. The summed E-state index contributed by atoms with van der Waals surface area (Å²) in [7, 11) is 0. The van der Waals surface area contributed by atoms with Gasteiger partial charge in [0.15, 0.2) is 0 Å². The molecule has 0 aliphatic carbocycles. The van der Waals surface area contributed by atoms with Gasteiger partial charge in [0.05, 0.1) is 6.10 Å². The maximum absolute atomic E-state index is 12.5. The summed E-state index contributed by atoms with van der Waals surface area (Å²) in [5.74, 6) is 0. The Bertz CT molecular complexity index is 89.1. The van der Waals surface area contributed by atoms with Crippen molar-refractivity contribution in [3.63, 3.8) is 0 Å². The topological polar surface area (TPSA) is 23.5 Å². The van der Waals surface area contributed by atoms with Gasteiger partial charge in [0, 0.05) is 13.1 Å². The van der Waals surface area contributed by atoms with Crippen molar-refractivity contribution in [2.45, 2.75) is 19.2 Å². The zero-order chi connectivity index (χ0) is 6.85. The van der Waals surface area contributed by atoms with Crippen LogP contribution >= 0.6 is 0 Å². The molecule has 2 atom stereocenters. The van der Waals surface area contributed by atoms with Gasteiger partial charge in [-0.2, -0.15) is 0 Å². The monoisotopic (exact) mass is 133 g/mol. The van der Waals surface area contributed by atoms with Gasteiger partial charge in [0.1, 0.15) is 6.17 Å². The molecule has 9 heavy (non-hydrogen) atoms. The minimum atomic E-state index is -1.02. The Morgan fingerprint density at radius 3 is 2.56 bits per heavy atom. The normalized spacial score (nSPS) is 37.7. The van der Waals surface area contributed by atoms with Gasteiger partial charge in [0.2, 0.25) is 0 Å². The molecule has 1 N–H and O–H groups in total. The summed E-state index contributed by atoms with van der Waals surface area (Å²) in [6, 6.07) is 0. The van der Waals surface area contributed by atoms with E-state index in [2.05, 4.69) is 0 Å². The van der Waals surface area contributed by atoms with Crippen molar-refractivity contribution in [2.75, 3.05) is 19.6 Å². The minimum absolute atomic E-state index is 0.400. The van der Waals surface area contributed by atoms with Crippen molar-refractivity contribution >= 4 is 0 Å². The minimum Gasteiger partial charge on any atom is -0.389 e. The van der Waals surface area contributed by atoms with Crippen molar-refractivity contribution in [1.29, 1.82) is 0 Å². The molecule has 0 unspecified atom stereocenters. The van der Waals surface area contributed by atoms with E-state index in [1.807, 2.05) is 11.8 Å². The quantitative estimate of drug-likeness (QED) is 0.545. The number of aliphatic hydroxyl groups is 1. The number of nitrogens with zero attached hydrogens (tertiary/aromatic N) is 1. The number of likely N-dealkylation sites (N-methyl/N-ethyl adjacent to an activating group) is 1. The summed E-state index contributed by atoms with van der Waals surface area (Å²) in [6.45, 7) is 3.69. The summed E-state index contributed by atoms with van der Waals surface area (Å²) in [4.78, 5) is 1.90. The van der Waals surface area contributed by atoms with Gasteiger partial charge in [0.25, 0.3) is 0 Å². The van der Waals surface area contributed by atoms with Gasteiger partial charge in [-0.15, -0.1) is 0 Å². The molecule has 0 aromatic heterocycles. The van der Waals surface area contributed by atoms with Crippen LogP contribution in [0.25, 0.3) is 0 Å². The predicted octanol–water partition coefficient (Wildman–Crippen LogP) is 0.0209. The van der Waals surface area contributed by atoms with E-state index in [9.17, 15) is 4.39 Å². The Hall–Kier alpha value is -0.150. The SMILES string of the molecule is CCN1C[C@@H](F)[C@@H](O)C1. The Labute approximate surface area is 54.3 Å². The van der Waals surface area contributed by atoms with Gasteiger partial charge in [-0.3, -0.25) is 4.90 Å². The lowest BCUT2D eigenvalue weighted by atomic mass is 10.3. The third-order valence-corrected chi connectivity index (χ3v) is 1.74. The van der Waals surface area contributed by atoms with Gasteiger partial charge in [-0.25, -0.2) is 4.39 Å². The molecule has 1 rings (SSSR count). The molecule has 2 nitrogen and oxygen atoms in total. The highest BCUT2D eigenvalue weighted by Gasteiger charge is 2.29. The molecule has 1 aliphatic rings. The van der Waals surface area contributed by atoms with E-state index in [4.69, 9.17) is 5.11 Å². The van der Waals surface area contributed by atoms with Crippen molar-refractivity contribution in [3.05, 3.63) is 0 Å². The van der Waals surface area contributed by atoms with E-state index in [1.54, 1.807) is 0 Å². The second-order valence-corrected chi connectivity index (χ2v) is 2.44. The maximum Gasteiger partial charge on any atom is 0.140 e. The summed E-state index contributed by atoms with van der Waals surface area (Å²) < 4.78 is 12.5. The molecule has 0 amide bonds. The van der Waals surface area contributed by atoms with E-state index >= 15 is 0 Å². The van der Waals surface area contributed by atoms with E-state index in [0.29, 0.717) is 13.1 Å². The number of hydrogen-bond donors (Lipinski definition) is 1. The number of hydrogen-bond acceptors (Lipinski definition) is 2. The summed E-state index contributed by atoms with van der Waals surface area (Å²) in [5.41, 5.74) is 0. The number of likely N-dealkylation sites (tertiary alicyclic amines) is 1. The predicted molar refractivity (Wildman–Crippen MR) is 33.0 cm³/mol. The van der Waals surface area contributed by atoms with Crippen LogP contribution in [0.5, 0.6) is 0 Å². The highest BCUT2D eigenvalue weighted by molar-refractivity contribution is 4.82. The number of halogens is 1. The lowest BCUT2D eigenvalue weighted by Crippen LogP contribution is -2.21. The molecule has 3 heteroatoms. The van der Waals surface area contributed by atoms with Crippen LogP contribution in [0.15, 0.2) is 0 Å².